The zero-order valence-corrected chi connectivity index (χ0v) is 12.9. The predicted molar refractivity (Wildman–Crippen MR) is 75.4 cm³/mol. The van der Waals surface area contributed by atoms with E-state index in [9.17, 15) is 8.42 Å². The third kappa shape index (κ3) is 3.00. The zero-order chi connectivity index (χ0) is 14.2. The molecule has 6 heteroatoms. The lowest BCUT2D eigenvalue weighted by atomic mass is 9.99. The molecule has 0 atom stereocenters. The van der Waals surface area contributed by atoms with Crippen molar-refractivity contribution >= 4 is 10.0 Å². The SMILES string of the molecule is CC(C)CS(=O)(=O)N1CCc2c(C(C)C)n[nH]c2C1. The molecule has 0 amide bonds. The number of nitrogens with zero attached hydrogens (tertiary/aromatic N) is 2. The van der Waals surface area contributed by atoms with E-state index in [1.807, 2.05) is 13.8 Å². The van der Waals surface area contributed by atoms with Gasteiger partial charge in [0.15, 0.2) is 0 Å². The van der Waals surface area contributed by atoms with Gasteiger partial charge in [0, 0.05) is 6.54 Å². The van der Waals surface area contributed by atoms with Crippen LogP contribution >= 0.6 is 0 Å². The average molecular weight is 285 g/mol. The molecule has 1 aliphatic rings. The summed E-state index contributed by atoms with van der Waals surface area (Å²) in [5.74, 6) is 0.742. The number of hydrogen-bond donors (Lipinski definition) is 1. The molecule has 108 valence electrons. The molecule has 0 unspecified atom stereocenters. The van der Waals surface area contributed by atoms with Crippen molar-refractivity contribution in [2.75, 3.05) is 12.3 Å². The number of nitrogens with one attached hydrogen (secondary N) is 1. The monoisotopic (exact) mass is 285 g/mol. The lowest BCUT2D eigenvalue weighted by molar-refractivity contribution is 0.383. The van der Waals surface area contributed by atoms with Crippen LogP contribution in [0.5, 0.6) is 0 Å². The highest BCUT2D eigenvalue weighted by atomic mass is 32.2. The molecule has 0 saturated carbocycles. The Balaban J connectivity index is 2.19. The molecule has 1 aliphatic heterocycles. The molecule has 0 spiro atoms. The molecule has 0 aliphatic carbocycles. The lowest BCUT2D eigenvalue weighted by Gasteiger charge is -2.27. The molecule has 19 heavy (non-hydrogen) atoms. The van der Waals surface area contributed by atoms with E-state index in [1.165, 1.54) is 5.56 Å². The second kappa shape index (κ2) is 5.25. The molecule has 2 rings (SSSR count). The minimum absolute atomic E-state index is 0.152. The Morgan fingerprint density at radius 3 is 2.58 bits per heavy atom. The van der Waals surface area contributed by atoms with Crippen LogP contribution in [-0.2, 0) is 23.0 Å². The van der Waals surface area contributed by atoms with Crippen LogP contribution in [0.3, 0.4) is 0 Å². The third-order valence-corrected chi connectivity index (χ3v) is 5.60. The fourth-order valence-electron chi connectivity index (χ4n) is 2.56. The quantitative estimate of drug-likeness (QED) is 0.918. The van der Waals surface area contributed by atoms with E-state index in [4.69, 9.17) is 0 Å². The molecule has 1 aromatic heterocycles. The molecule has 1 N–H and O–H groups in total. The lowest BCUT2D eigenvalue weighted by Crippen LogP contribution is -2.38. The Bertz CT molecular complexity index is 546. The van der Waals surface area contributed by atoms with Crippen molar-refractivity contribution in [1.29, 1.82) is 0 Å². The Labute approximate surface area is 115 Å². The summed E-state index contributed by atoms with van der Waals surface area (Å²) < 4.78 is 26.1. The second-order valence-corrected chi connectivity index (χ2v) is 7.99. The van der Waals surface area contributed by atoms with Crippen LogP contribution in [-0.4, -0.2) is 35.2 Å². The standard InChI is InChI=1S/C13H23N3O2S/c1-9(2)8-19(17,18)16-6-5-11-12(7-16)14-15-13(11)10(3)4/h9-10H,5-8H2,1-4H3,(H,14,15). The molecular weight excluding hydrogens is 262 g/mol. The van der Waals surface area contributed by atoms with Crippen molar-refractivity contribution in [2.45, 2.75) is 46.6 Å². The summed E-state index contributed by atoms with van der Waals surface area (Å²) in [6.07, 6.45) is 0.761. The maximum absolute atomic E-state index is 12.2. The van der Waals surface area contributed by atoms with Gasteiger partial charge in [-0.05, 0) is 23.8 Å². The van der Waals surface area contributed by atoms with Crippen LogP contribution in [0.4, 0.5) is 0 Å². The first-order chi connectivity index (χ1) is 8.81. The Hall–Kier alpha value is -0.880. The summed E-state index contributed by atoms with van der Waals surface area (Å²) in [5, 5.41) is 7.34. The highest BCUT2D eigenvalue weighted by Crippen LogP contribution is 2.26. The van der Waals surface area contributed by atoms with Crippen LogP contribution in [0, 0.1) is 5.92 Å². The van der Waals surface area contributed by atoms with E-state index in [0.29, 0.717) is 19.0 Å². The summed E-state index contributed by atoms with van der Waals surface area (Å²) in [6, 6.07) is 0. The van der Waals surface area contributed by atoms with Gasteiger partial charge in [0.2, 0.25) is 10.0 Å². The van der Waals surface area contributed by atoms with Gasteiger partial charge in [0.05, 0.1) is 23.7 Å². The first-order valence-electron chi connectivity index (χ1n) is 6.85. The topological polar surface area (TPSA) is 66.1 Å². The molecule has 2 heterocycles. The molecular formula is C13H23N3O2S. The molecule has 0 bridgehead atoms. The van der Waals surface area contributed by atoms with Gasteiger partial charge < -0.3 is 0 Å². The van der Waals surface area contributed by atoms with Crippen LogP contribution in [0.2, 0.25) is 0 Å². The van der Waals surface area contributed by atoms with E-state index >= 15 is 0 Å². The molecule has 5 nitrogen and oxygen atoms in total. The van der Waals surface area contributed by atoms with E-state index in [2.05, 4.69) is 24.0 Å². The van der Waals surface area contributed by atoms with Crippen molar-refractivity contribution in [3.8, 4) is 0 Å². The molecule has 1 aromatic rings. The van der Waals surface area contributed by atoms with E-state index < -0.39 is 10.0 Å². The summed E-state index contributed by atoms with van der Waals surface area (Å²) in [7, 11) is -3.15. The van der Waals surface area contributed by atoms with Crippen molar-refractivity contribution in [1.82, 2.24) is 14.5 Å². The van der Waals surface area contributed by atoms with Crippen LogP contribution in [0.1, 0.15) is 50.6 Å². The van der Waals surface area contributed by atoms with Gasteiger partial charge in [-0.1, -0.05) is 27.7 Å². The van der Waals surface area contributed by atoms with Crippen molar-refractivity contribution in [2.24, 2.45) is 5.92 Å². The van der Waals surface area contributed by atoms with Gasteiger partial charge in [-0.2, -0.15) is 9.40 Å². The van der Waals surface area contributed by atoms with Crippen LogP contribution in [0.25, 0.3) is 0 Å². The average Bonchev–Trinajstić information content (AvgIpc) is 2.69. The van der Waals surface area contributed by atoms with Gasteiger partial charge in [-0.25, -0.2) is 8.42 Å². The van der Waals surface area contributed by atoms with E-state index in [-0.39, 0.29) is 11.7 Å². The maximum Gasteiger partial charge on any atom is 0.214 e. The zero-order valence-electron chi connectivity index (χ0n) is 12.1. The minimum atomic E-state index is -3.15. The Kier molecular flexibility index (Phi) is 4.01. The van der Waals surface area contributed by atoms with Crippen molar-refractivity contribution in [3.63, 3.8) is 0 Å². The molecule has 0 aromatic carbocycles. The van der Waals surface area contributed by atoms with Gasteiger partial charge in [0.1, 0.15) is 0 Å². The number of hydrogen-bond acceptors (Lipinski definition) is 3. The highest BCUT2D eigenvalue weighted by molar-refractivity contribution is 7.89. The summed E-state index contributed by atoms with van der Waals surface area (Å²) in [6.45, 7) is 9.09. The number of H-pyrrole nitrogens is 1. The van der Waals surface area contributed by atoms with Gasteiger partial charge in [-0.3, -0.25) is 5.10 Å². The number of rotatable bonds is 4. The molecule has 0 fully saturated rings. The number of aromatic nitrogens is 2. The normalized spacial score (nSPS) is 17.2. The van der Waals surface area contributed by atoms with Crippen molar-refractivity contribution < 1.29 is 8.42 Å². The van der Waals surface area contributed by atoms with Gasteiger partial charge in [0.25, 0.3) is 0 Å². The largest absolute Gasteiger partial charge is 0.281 e. The minimum Gasteiger partial charge on any atom is -0.281 e. The summed E-state index contributed by atoms with van der Waals surface area (Å²) >= 11 is 0. The van der Waals surface area contributed by atoms with Crippen molar-refractivity contribution in [3.05, 3.63) is 17.0 Å². The second-order valence-electron chi connectivity index (χ2n) is 5.98. The predicted octanol–water partition coefficient (Wildman–Crippen LogP) is 1.88. The number of fused-ring (bicyclic) bond motifs is 1. The third-order valence-electron chi connectivity index (χ3n) is 3.41. The van der Waals surface area contributed by atoms with Gasteiger partial charge >= 0.3 is 0 Å². The maximum atomic E-state index is 12.2. The first kappa shape index (κ1) is 14.5. The highest BCUT2D eigenvalue weighted by Gasteiger charge is 2.30. The first-order valence-corrected chi connectivity index (χ1v) is 8.46. The van der Waals surface area contributed by atoms with Crippen LogP contribution in [0.15, 0.2) is 0 Å². The Morgan fingerprint density at radius 1 is 1.32 bits per heavy atom. The fourth-order valence-corrected chi connectivity index (χ4v) is 4.31. The summed E-state index contributed by atoms with van der Waals surface area (Å²) in [5.41, 5.74) is 3.25. The van der Waals surface area contributed by atoms with Crippen LogP contribution < -0.4 is 0 Å². The summed E-state index contributed by atoms with van der Waals surface area (Å²) in [4.78, 5) is 0. The van der Waals surface area contributed by atoms with Gasteiger partial charge in [-0.15, -0.1) is 0 Å². The smallest absolute Gasteiger partial charge is 0.214 e. The van der Waals surface area contributed by atoms with E-state index in [1.54, 1.807) is 4.31 Å². The fraction of sp³-hybridized carbons (Fsp3) is 0.769. The number of sulfonamides is 1. The number of aromatic amines is 1. The Morgan fingerprint density at radius 2 is 2.00 bits per heavy atom. The molecule has 0 radical (unpaired) electrons. The molecule has 0 saturated heterocycles. The van der Waals surface area contributed by atoms with E-state index in [0.717, 1.165) is 17.8 Å².